The highest BCUT2D eigenvalue weighted by Crippen LogP contribution is 2.34. The molecule has 0 radical (unpaired) electrons. The minimum absolute atomic E-state index is 0. The smallest absolute Gasteiger partial charge is 0.260 e. The summed E-state index contributed by atoms with van der Waals surface area (Å²) in [5, 5.41) is 1.40. The van der Waals surface area contributed by atoms with Gasteiger partial charge in [0, 0.05) is 36.8 Å². The second kappa shape index (κ2) is 10.6. The lowest BCUT2D eigenvalue weighted by Crippen LogP contribution is -2.39. The van der Waals surface area contributed by atoms with E-state index in [0.717, 1.165) is 65.3 Å². The number of hydrogen-bond acceptors (Lipinski definition) is 7. The fraction of sp³-hybridized carbons (Fsp3) is 0.348. The van der Waals surface area contributed by atoms with Gasteiger partial charge in [-0.1, -0.05) is 22.9 Å². The average Bonchev–Trinajstić information content (AvgIpc) is 3.46. The van der Waals surface area contributed by atoms with Gasteiger partial charge in [-0.3, -0.25) is 14.6 Å². The number of carbonyl (C=O) groups is 1. The lowest BCUT2D eigenvalue weighted by molar-refractivity contribution is 0.0376. The highest BCUT2D eigenvalue weighted by molar-refractivity contribution is 7.22. The van der Waals surface area contributed by atoms with E-state index in [-0.39, 0.29) is 18.3 Å². The van der Waals surface area contributed by atoms with E-state index in [9.17, 15) is 4.79 Å². The Kier molecular flexibility index (Phi) is 7.83. The molecule has 6 nitrogen and oxygen atoms in total. The summed E-state index contributed by atoms with van der Waals surface area (Å²) in [5.41, 5.74) is 5.18. The third-order valence-corrected chi connectivity index (χ3v) is 8.00. The van der Waals surface area contributed by atoms with Crippen LogP contribution in [0.4, 0.5) is 5.13 Å². The summed E-state index contributed by atoms with van der Waals surface area (Å²) in [7, 11) is 0. The van der Waals surface area contributed by atoms with Crippen molar-refractivity contribution in [3.8, 4) is 0 Å². The summed E-state index contributed by atoms with van der Waals surface area (Å²) in [4.78, 5) is 27.0. The summed E-state index contributed by atoms with van der Waals surface area (Å²) >= 11 is 9.39. The molecular weight excluding hydrogens is 499 g/mol. The summed E-state index contributed by atoms with van der Waals surface area (Å²) in [5.74, 6) is -0.0370. The lowest BCUT2D eigenvalue weighted by Gasteiger charge is -2.27. The molecule has 1 saturated heterocycles. The molecule has 0 bridgehead atoms. The number of hydrogen-bond donors (Lipinski definition) is 0. The van der Waals surface area contributed by atoms with Crippen LogP contribution in [-0.4, -0.2) is 60.2 Å². The molecule has 0 N–H and O–H groups in total. The first kappa shape index (κ1) is 24.3. The quantitative estimate of drug-likeness (QED) is 0.327. The van der Waals surface area contributed by atoms with Gasteiger partial charge >= 0.3 is 0 Å². The first-order valence-electron chi connectivity index (χ1n) is 10.6. The molecule has 2 aromatic heterocycles. The number of ether oxygens (including phenoxy) is 1. The molecule has 5 rings (SSSR count). The van der Waals surface area contributed by atoms with Crippen molar-refractivity contribution in [2.24, 2.45) is 0 Å². The average molecular weight is 524 g/mol. The van der Waals surface area contributed by atoms with Crippen LogP contribution in [0.3, 0.4) is 0 Å². The highest BCUT2D eigenvalue weighted by Gasteiger charge is 2.23. The Bertz CT molecular complexity index is 1270. The topological polar surface area (TPSA) is 58.6 Å². The van der Waals surface area contributed by atoms with Crippen LogP contribution in [0, 0.1) is 6.92 Å². The van der Waals surface area contributed by atoms with Crippen molar-refractivity contribution in [1.29, 1.82) is 0 Å². The minimum atomic E-state index is -0.0370. The van der Waals surface area contributed by atoms with Gasteiger partial charge in [-0.15, -0.1) is 23.7 Å². The maximum atomic E-state index is 13.6. The van der Waals surface area contributed by atoms with Crippen molar-refractivity contribution in [3.05, 3.63) is 52.0 Å². The van der Waals surface area contributed by atoms with E-state index in [2.05, 4.69) is 9.88 Å². The summed E-state index contributed by atoms with van der Waals surface area (Å²) in [6, 6.07) is 9.57. The van der Waals surface area contributed by atoms with E-state index < -0.39 is 0 Å². The van der Waals surface area contributed by atoms with Crippen LogP contribution >= 0.6 is 46.7 Å². The van der Waals surface area contributed by atoms with Crippen LogP contribution in [0.1, 0.15) is 22.3 Å². The maximum Gasteiger partial charge on any atom is 0.260 e. The van der Waals surface area contributed by atoms with Gasteiger partial charge < -0.3 is 4.74 Å². The Labute approximate surface area is 211 Å². The van der Waals surface area contributed by atoms with Gasteiger partial charge in [-0.2, -0.15) is 0 Å². The molecule has 174 valence electrons. The van der Waals surface area contributed by atoms with Crippen molar-refractivity contribution < 1.29 is 9.53 Å². The van der Waals surface area contributed by atoms with Gasteiger partial charge in [-0.05, 0) is 49.2 Å². The molecule has 1 aliphatic rings. The Morgan fingerprint density at radius 1 is 1.21 bits per heavy atom. The molecule has 3 heterocycles. The number of anilines is 1. The number of rotatable bonds is 6. The lowest BCUT2D eigenvalue weighted by atomic mass is 10.2. The number of nitrogens with zero attached hydrogens (tertiary/aromatic N) is 4. The standard InChI is InChI=1S/C23H23ClN4O2S2.ClH/c1-15-17(24)4-6-19-21(15)26-23(32-19)28(8-2-7-27-9-11-30-12-10-27)22(29)16-3-5-18-20(13-16)31-14-25-18;/h3-6,13-14H,2,7-12H2,1H3;1H. The van der Waals surface area contributed by atoms with Crippen molar-refractivity contribution in [2.75, 3.05) is 44.3 Å². The molecular formula is C23H24Cl2N4O2S2. The van der Waals surface area contributed by atoms with E-state index in [0.29, 0.717) is 22.3 Å². The second-order valence-corrected chi connectivity index (χ2v) is 10.1. The molecule has 0 spiro atoms. The Balaban J connectivity index is 0.00000259. The number of aryl methyl sites for hydroxylation is 1. The van der Waals surface area contributed by atoms with Crippen LogP contribution in [0.15, 0.2) is 35.8 Å². The van der Waals surface area contributed by atoms with Crippen LogP contribution in [0.25, 0.3) is 20.4 Å². The van der Waals surface area contributed by atoms with Gasteiger partial charge in [0.1, 0.15) is 0 Å². The van der Waals surface area contributed by atoms with E-state index in [1.165, 1.54) is 11.3 Å². The Morgan fingerprint density at radius 2 is 2.03 bits per heavy atom. The third kappa shape index (κ3) is 5.16. The number of morpholine rings is 1. The monoisotopic (exact) mass is 522 g/mol. The Hall–Kier alpha value is -1.81. The van der Waals surface area contributed by atoms with Crippen molar-refractivity contribution in [3.63, 3.8) is 0 Å². The van der Waals surface area contributed by atoms with Gasteiger partial charge in [-0.25, -0.2) is 9.97 Å². The predicted octanol–water partition coefficient (Wildman–Crippen LogP) is 5.66. The highest BCUT2D eigenvalue weighted by atomic mass is 35.5. The second-order valence-electron chi connectivity index (χ2n) is 7.81. The summed E-state index contributed by atoms with van der Waals surface area (Å²) < 4.78 is 7.49. The SMILES string of the molecule is Cc1c(Cl)ccc2sc(N(CCCN3CCOCC3)C(=O)c3ccc4ncsc4c3)nc12.Cl. The molecule has 0 saturated carbocycles. The molecule has 1 fully saturated rings. The fourth-order valence-electron chi connectivity index (χ4n) is 3.91. The zero-order valence-electron chi connectivity index (χ0n) is 18.1. The first-order chi connectivity index (χ1) is 15.6. The molecule has 0 unspecified atom stereocenters. The number of amides is 1. The molecule has 0 aliphatic carbocycles. The summed E-state index contributed by atoms with van der Waals surface area (Å²) in [6.45, 7) is 6.92. The van der Waals surface area contributed by atoms with E-state index in [1.807, 2.05) is 42.2 Å². The summed E-state index contributed by atoms with van der Waals surface area (Å²) in [6.07, 6.45) is 0.865. The van der Waals surface area contributed by atoms with Gasteiger partial charge in [0.2, 0.25) is 0 Å². The number of carbonyl (C=O) groups excluding carboxylic acids is 1. The van der Waals surface area contributed by atoms with Crippen molar-refractivity contribution >= 4 is 78.2 Å². The maximum absolute atomic E-state index is 13.6. The molecule has 2 aromatic carbocycles. The molecule has 1 aliphatic heterocycles. The number of thiazole rings is 2. The van der Waals surface area contributed by atoms with E-state index in [1.54, 1.807) is 16.8 Å². The third-order valence-electron chi connectivity index (χ3n) is 5.75. The van der Waals surface area contributed by atoms with Gasteiger partial charge in [0.25, 0.3) is 5.91 Å². The molecule has 4 aromatic rings. The van der Waals surface area contributed by atoms with Crippen LogP contribution in [0.5, 0.6) is 0 Å². The number of aromatic nitrogens is 2. The Morgan fingerprint density at radius 3 is 2.85 bits per heavy atom. The molecule has 33 heavy (non-hydrogen) atoms. The number of halogens is 2. The van der Waals surface area contributed by atoms with Crippen LogP contribution in [0.2, 0.25) is 5.02 Å². The number of fused-ring (bicyclic) bond motifs is 2. The molecule has 1 amide bonds. The number of benzene rings is 2. The van der Waals surface area contributed by atoms with Crippen molar-refractivity contribution in [1.82, 2.24) is 14.9 Å². The predicted molar refractivity (Wildman–Crippen MR) is 140 cm³/mol. The van der Waals surface area contributed by atoms with Crippen LogP contribution < -0.4 is 4.90 Å². The van der Waals surface area contributed by atoms with Crippen molar-refractivity contribution in [2.45, 2.75) is 13.3 Å². The van der Waals surface area contributed by atoms with Crippen LogP contribution in [-0.2, 0) is 4.74 Å². The largest absolute Gasteiger partial charge is 0.379 e. The minimum Gasteiger partial charge on any atom is -0.379 e. The normalized spacial score (nSPS) is 14.5. The van der Waals surface area contributed by atoms with E-state index in [4.69, 9.17) is 21.3 Å². The first-order valence-corrected chi connectivity index (χ1v) is 12.7. The van der Waals surface area contributed by atoms with Gasteiger partial charge in [0.05, 0.1) is 39.2 Å². The van der Waals surface area contributed by atoms with E-state index >= 15 is 0 Å². The molecule has 0 atom stereocenters. The fourth-order valence-corrected chi connectivity index (χ4v) is 5.83. The molecule has 10 heteroatoms. The van der Waals surface area contributed by atoms with Gasteiger partial charge in [0.15, 0.2) is 5.13 Å². The zero-order chi connectivity index (χ0) is 22.1. The zero-order valence-corrected chi connectivity index (χ0v) is 21.3.